The third-order valence-electron chi connectivity index (χ3n) is 3.83. The topological polar surface area (TPSA) is 72.2 Å². The van der Waals surface area contributed by atoms with Gasteiger partial charge in [0.15, 0.2) is 5.58 Å². The minimum Gasteiger partial charge on any atom is -0.356 e. The largest absolute Gasteiger partial charge is 0.356 e. The first-order valence-corrected chi connectivity index (χ1v) is 9.09. The van der Waals surface area contributed by atoms with E-state index in [9.17, 15) is 8.42 Å². The highest BCUT2D eigenvalue weighted by Gasteiger charge is 2.18. The van der Waals surface area contributed by atoms with Crippen LogP contribution in [0.4, 0.5) is 5.69 Å². The molecule has 0 unspecified atom stereocenters. The second-order valence-corrected chi connectivity index (χ2v) is 7.24. The third-order valence-corrected chi connectivity index (χ3v) is 5.02. The predicted molar refractivity (Wildman–Crippen MR) is 94.2 cm³/mol. The van der Waals surface area contributed by atoms with Crippen LogP contribution in [0, 0.1) is 0 Å². The molecule has 0 aliphatic heterocycles. The van der Waals surface area contributed by atoms with Crippen molar-refractivity contribution < 1.29 is 12.9 Å². The van der Waals surface area contributed by atoms with E-state index in [1.165, 1.54) is 0 Å². The van der Waals surface area contributed by atoms with Gasteiger partial charge in [0, 0.05) is 10.8 Å². The van der Waals surface area contributed by atoms with E-state index in [1.54, 1.807) is 18.2 Å². The third kappa shape index (κ3) is 2.72. The van der Waals surface area contributed by atoms with Crippen molar-refractivity contribution in [2.75, 3.05) is 4.72 Å². The minimum atomic E-state index is -3.61. The summed E-state index contributed by atoms with van der Waals surface area (Å²) in [5.41, 5.74) is 1.53. The van der Waals surface area contributed by atoms with Crippen LogP contribution in [0.15, 0.2) is 71.3 Å². The van der Waals surface area contributed by atoms with Gasteiger partial charge in [-0.15, -0.1) is 0 Å². The Kier molecular flexibility index (Phi) is 3.46. The Labute approximate surface area is 138 Å². The fraction of sp³-hybridized carbons (Fsp3) is 0.0556. The standard InChI is InChI=1S/C18H14N2O3S/c21-24(22,12-17-15-9-3-4-11-18(15)23-19-17)20-16-10-5-7-13-6-1-2-8-14(13)16/h1-11,20H,12H2. The van der Waals surface area contributed by atoms with E-state index in [2.05, 4.69) is 9.88 Å². The average molecular weight is 338 g/mol. The highest BCUT2D eigenvalue weighted by Crippen LogP contribution is 2.25. The Balaban J connectivity index is 1.68. The van der Waals surface area contributed by atoms with E-state index < -0.39 is 10.0 Å². The lowest BCUT2D eigenvalue weighted by atomic mass is 10.1. The number of hydrogen-bond donors (Lipinski definition) is 1. The average Bonchev–Trinajstić information content (AvgIpc) is 2.97. The second kappa shape index (κ2) is 5.65. The molecule has 0 radical (unpaired) electrons. The first-order valence-electron chi connectivity index (χ1n) is 7.44. The molecular weight excluding hydrogens is 324 g/mol. The van der Waals surface area contributed by atoms with Gasteiger partial charge in [-0.05, 0) is 23.6 Å². The molecule has 3 aromatic carbocycles. The fourth-order valence-corrected chi connectivity index (χ4v) is 3.89. The van der Waals surface area contributed by atoms with Crippen molar-refractivity contribution in [1.29, 1.82) is 0 Å². The van der Waals surface area contributed by atoms with Crippen LogP contribution in [-0.2, 0) is 15.8 Å². The van der Waals surface area contributed by atoms with Gasteiger partial charge in [-0.1, -0.05) is 53.7 Å². The molecule has 0 saturated heterocycles. The number of benzene rings is 3. The van der Waals surface area contributed by atoms with Crippen LogP contribution < -0.4 is 4.72 Å². The van der Waals surface area contributed by atoms with Crippen LogP contribution in [0.1, 0.15) is 5.69 Å². The van der Waals surface area contributed by atoms with E-state index in [0.29, 0.717) is 22.4 Å². The van der Waals surface area contributed by atoms with Crippen LogP contribution in [-0.4, -0.2) is 13.6 Å². The van der Waals surface area contributed by atoms with Gasteiger partial charge < -0.3 is 4.52 Å². The minimum absolute atomic E-state index is 0.243. The van der Waals surface area contributed by atoms with Gasteiger partial charge in [0.25, 0.3) is 0 Å². The summed E-state index contributed by atoms with van der Waals surface area (Å²) in [4.78, 5) is 0. The molecule has 4 aromatic rings. The molecule has 0 aliphatic carbocycles. The molecule has 120 valence electrons. The highest BCUT2D eigenvalue weighted by molar-refractivity contribution is 7.91. The van der Waals surface area contributed by atoms with Crippen molar-refractivity contribution in [1.82, 2.24) is 5.16 Å². The highest BCUT2D eigenvalue weighted by atomic mass is 32.2. The van der Waals surface area contributed by atoms with Crippen LogP contribution in [0.2, 0.25) is 0 Å². The molecule has 0 spiro atoms. The summed E-state index contributed by atoms with van der Waals surface area (Å²) in [6.07, 6.45) is 0. The SMILES string of the molecule is O=S(=O)(Cc1noc2ccccc12)Nc1cccc2ccccc12. The zero-order valence-electron chi connectivity index (χ0n) is 12.6. The van der Waals surface area contributed by atoms with Gasteiger partial charge in [0.05, 0.1) is 5.69 Å². The monoisotopic (exact) mass is 338 g/mol. The molecule has 0 aliphatic rings. The molecule has 0 saturated carbocycles. The maximum Gasteiger partial charge on any atom is 0.238 e. The second-order valence-electron chi connectivity index (χ2n) is 5.51. The fourth-order valence-electron chi connectivity index (χ4n) is 2.74. The predicted octanol–water partition coefficient (Wildman–Crippen LogP) is 3.92. The number of hydrogen-bond acceptors (Lipinski definition) is 4. The summed E-state index contributed by atoms with van der Waals surface area (Å²) in [6, 6.07) is 20.4. The Morgan fingerprint density at radius 2 is 1.58 bits per heavy atom. The van der Waals surface area contributed by atoms with Crippen LogP contribution in [0.25, 0.3) is 21.7 Å². The zero-order valence-corrected chi connectivity index (χ0v) is 13.5. The molecule has 1 aromatic heterocycles. The van der Waals surface area contributed by atoms with Crippen LogP contribution >= 0.6 is 0 Å². The van der Waals surface area contributed by atoms with Crippen molar-refractivity contribution in [3.05, 3.63) is 72.4 Å². The quantitative estimate of drug-likeness (QED) is 0.612. The van der Waals surface area contributed by atoms with Crippen molar-refractivity contribution in [2.24, 2.45) is 0 Å². The van der Waals surface area contributed by atoms with E-state index in [1.807, 2.05) is 48.5 Å². The molecule has 1 N–H and O–H groups in total. The number of anilines is 1. The number of sulfonamides is 1. The van der Waals surface area contributed by atoms with Crippen molar-refractivity contribution >= 4 is 37.5 Å². The Morgan fingerprint density at radius 1 is 0.875 bits per heavy atom. The van der Waals surface area contributed by atoms with Gasteiger partial charge >= 0.3 is 0 Å². The molecule has 0 fully saturated rings. The number of aromatic nitrogens is 1. The van der Waals surface area contributed by atoms with Crippen LogP contribution in [0.5, 0.6) is 0 Å². The van der Waals surface area contributed by atoms with Crippen molar-refractivity contribution in [3.8, 4) is 0 Å². The lowest BCUT2D eigenvalue weighted by Crippen LogP contribution is -2.15. The molecule has 1 heterocycles. The Bertz CT molecular complexity index is 1130. The molecule has 4 rings (SSSR count). The van der Waals surface area contributed by atoms with E-state index in [0.717, 1.165) is 10.8 Å². The maximum atomic E-state index is 12.6. The summed E-state index contributed by atoms with van der Waals surface area (Å²) >= 11 is 0. The van der Waals surface area contributed by atoms with E-state index in [-0.39, 0.29) is 5.75 Å². The Hall–Kier alpha value is -2.86. The smallest absolute Gasteiger partial charge is 0.238 e. The first-order chi connectivity index (χ1) is 11.6. The molecule has 5 nitrogen and oxygen atoms in total. The molecule has 24 heavy (non-hydrogen) atoms. The summed E-state index contributed by atoms with van der Waals surface area (Å²) in [5.74, 6) is -0.243. The van der Waals surface area contributed by atoms with Gasteiger partial charge in [0.2, 0.25) is 10.0 Å². The number of nitrogens with zero attached hydrogens (tertiary/aromatic N) is 1. The van der Waals surface area contributed by atoms with E-state index in [4.69, 9.17) is 4.52 Å². The molecule has 0 bridgehead atoms. The van der Waals surface area contributed by atoms with E-state index >= 15 is 0 Å². The number of rotatable bonds is 4. The maximum absolute atomic E-state index is 12.6. The van der Waals surface area contributed by atoms with Crippen LogP contribution in [0.3, 0.4) is 0 Å². The van der Waals surface area contributed by atoms with Crippen molar-refractivity contribution in [3.63, 3.8) is 0 Å². The first kappa shape index (κ1) is 14.7. The lowest BCUT2D eigenvalue weighted by molar-refractivity contribution is 0.448. The van der Waals surface area contributed by atoms with Crippen molar-refractivity contribution in [2.45, 2.75) is 5.75 Å². The van der Waals surface area contributed by atoms with Gasteiger partial charge in [-0.25, -0.2) is 8.42 Å². The molecular formula is C18H14N2O3S. The molecule has 0 amide bonds. The van der Waals surface area contributed by atoms with Gasteiger partial charge in [-0.2, -0.15) is 0 Å². The zero-order chi connectivity index (χ0) is 16.6. The molecule has 0 atom stereocenters. The number of para-hydroxylation sites is 1. The number of fused-ring (bicyclic) bond motifs is 2. The Morgan fingerprint density at radius 3 is 2.46 bits per heavy atom. The lowest BCUT2D eigenvalue weighted by Gasteiger charge is -2.09. The summed E-state index contributed by atoms with van der Waals surface area (Å²) < 4.78 is 33.0. The molecule has 6 heteroatoms. The summed E-state index contributed by atoms with van der Waals surface area (Å²) in [5, 5.41) is 6.43. The summed E-state index contributed by atoms with van der Waals surface area (Å²) in [7, 11) is -3.61. The van der Waals surface area contributed by atoms with Gasteiger partial charge in [0.1, 0.15) is 11.4 Å². The summed E-state index contributed by atoms with van der Waals surface area (Å²) in [6.45, 7) is 0. The van der Waals surface area contributed by atoms with Gasteiger partial charge in [-0.3, -0.25) is 4.72 Å². The number of nitrogens with one attached hydrogen (secondary N) is 1. The normalized spacial score (nSPS) is 11.8.